The molecule has 1 aliphatic heterocycles. The lowest BCUT2D eigenvalue weighted by Gasteiger charge is -2.32. The summed E-state index contributed by atoms with van der Waals surface area (Å²) < 4.78 is 26.9. The van der Waals surface area contributed by atoms with Crippen molar-refractivity contribution in [2.45, 2.75) is 36.6 Å². The van der Waals surface area contributed by atoms with Gasteiger partial charge in [0.05, 0.1) is 5.02 Å². The van der Waals surface area contributed by atoms with Crippen LogP contribution in [0.5, 0.6) is 0 Å². The molecular weight excluding hydrogens is 379 g/mol. The maximum atomic E-state index is 12.7. The average molecular weight is 400 g/mol. The van der Waals surface area contributed by atoms with Crippen molar-refractivity contribution in [3.05, 3.63) is 28.2 Å². The monoisotopic (exact) mass is 398 g/mol. The quantitative estimate of drug-likeness (QED) is 0.823. The van der Waals surface area contributed by atoms with Crippen molar-refractivity contribution in [2.75, 3.05) is 19.6 Å². The van der Waals surface area contributed by atoms with E-state index in [-0.39, 0.29) is 22.3 Å². The molecular formula is C15H21Cl3N2O2S. The van der Waals surface area contributed by atoms with E-state index in [9.17, 15) is 8.42 Å². The van der Waals surface area contributed by atoms with E-state index in [1.165, 1.54) is 29.3 Å². The molecule has 1 aromatic rings. The highest BCUT2D eigenvalue weighted by Crippen LogP contribution is 2.30. The zero-order chi connectivity index (χ0) is 15.7. The molecule has 0 spiro atoms. The maximum Gasteiger partial charge on any atom is 0.244 e. The van der Waals surface area contributed by atoms with Crippen LogP contribution in [0.2, 0.25) is 10.0 Å². The van der Waals surface area contributed by atoms with Gasteiger partial charge in [0.2, 0.25) is 10.0 Å². The Bertz CT molecular complexity index is 642. The number of nitrogens with zero attached hydrogens (tertiary/aromatic N) is 1. The van der Waals surface area contributed by atoms with E-state index in [1.54, 1.807) is 6.07 Å². The molecule has 4 nitrogen and oxygen atoms in total. The zero-order valence-electron chi connectivity index (χ0n) is 12.7. The highest BCUT2D eigenvalue weighted by atomic mass is 35.5. The van der Waals surface area contributed by atoms with Crippen LogP contribution in [0.3, 0.4) is 0 Å². The van der Waals surface area contributed by atoms with Gasteiger partial charge in [0.1, 0.15) is 4.90 Å². The topological polar surface area (TPSA) is 49.4 Å². The number of sulfonamides is 1. The first-order valence-electron chi connectivity index (χ1n) is 7.65. The summed E-state index contributed by atoms with van der Waals surface area (Å²) in [5, 5.41) is 4.17. The van der Waals surface area contributed by atoms with Crippen LogP contribution in [0.25, 0.3) is 0 Å². The van der Waals surface area contributed by atoms with Gasteiger partial charge in [-0.3, -0.25) is 0 Å². The predicted molar refractivity (Wildman–Crippen MR) is 96.2 cm³/mol. The van der Waals surface area contributed by atoms with E-state index < -0.39 is 10.0 Å². The number of rotatable bonds is 5. The van der Waals surface area contributed by atoms with Crippen LogP contribution in [0.1, 0.15) is 25.7 Å². The zero-order valence-corrected chi connectivity index (χ0v) is 15.8. The van der Waals surface area contributed by atoms with Crippen molar-refractivity contribution in [1.29, 1.82) is 0 Å². The second-order valence-corrected chi connectivity index (χ2v) is 8.85. The molecule has 1 aliphatic carbocycles. The third-order valence-corrected chi connectivity index (χ3v) is 6.97. The number of halogens is 3. The standard InChI is InChI=1S/C15H20Cl2N2O2S.ClH/c16-12-3-4-15(14(17)9-12)22(20,21)19-7-5-13(6-8-19)18-10-11-1-2-11;/h3-4,9,11,13,18H,1-2,5-8,10H2;1H. The molecule has 2 aliphatic rings. The second kappa shape index (κ2) is 7.89. The van der Waals surface area contributed by atoms with E-state index in [1.807, 2.05) is 0 Å². The largest absolute Gasteiger partial charge is 0.314 e. The van der Waals surface area contributed by atoms with Crippen LogP contribution in [-0.2, 0) is 10.0 Å². The molecule has 0 atom stereocenters. The first kappa shape index (κ1) is 19.3. The lowest BCUT2D eigenvalue weighted by Crippen LogP contribution is -2.45. The first-order chi connectivity index (χ1) is 10.5. The van der Waals surface area contributed by atoms with E-state index in [4.69, 9.17) is 23.2 Å². The van der Waals surface area contributed by atoms with Crippen molar-refractivity contribution in [3.63, 3.8) is 0 Å². The molecule has 0 amide bonds. The molecule has 1 saturated carbocycles. The summed E-state index contributed by atoms with van der Waals surface area (Å²) in [4.78, 5) is 0.142. The molecule has 8 heteroatoms. The van der Waals surface area contributed by atoms with E-state index >= 15 is 0 Å². The number of hydrogen-bond acceptors (Lipinski definition) is 3. The van der Waals surface area contributed by atoms with E-state index in [0.717, 1.165) is 25.3 Å². The van der Waals surface area contributed by atoms with Crippen LogP contribution >= 0.6 is 35.6 Å². The minimum Gasteiger partial charge on any atom is -0.314 e. The van der Waals surface area contributed by atoms with Gasteiger partial charge in [-0.05, 0) is 56.3 Å². The van der Waals surface area contributed by atoms with Gasteiger partial charge in [0, 0.05) is 24.2 Å². The Morgan fingerprint density at radius 3 is 2.35 bits per heavy atom. The van der Waals surface area contributed by atoms with Crippen LogP contribution < -0.4 is 5.32 Å². The molecule has 3 rings (SSSR count). The fraction of sp³-hybridized carbons (Fsp3) is 0.600. The first-order valence-corrected chi connectivity index (χ1v) is 9.85. The van der Waals surface area contributed by atoms with Gasteiger partial charge in [0.15, 0.2) is 0 Å². The molecule has 130 valence electrons. The summed E-state index contributed by atoms with van der Waals surface area (Å²) in [6.45, 7) is 2.13. The highest BCUT2D eigenvalue weighted by Gasteiger charge is 2.31. The minimum absolute atomic E-state index is 0. The fourth-order valence-electron chi connectivity index (χ4n) is 2.78. The summed E-state index contributed by atoms with van der Waals surface area (Å²) in [6.07, 6.45) is 4.35. The molecule has 1 aromatic carbocycles. The Labute approximate surface area is 154 Å². The fourth-order valence-corrected chi connectivity index (χ4v) is 5.00. The summed E-state index contributed by atoms with van der Waals surface area (Å²) in [7, 11) is -3.54. The van der Waals surface area contributed by atoms with Crippen molar-refractivity contribution >= 4 is 45.6 Å². The van der Waals surface area contributed by atoms with E-state index in [0.29, 0.717) is 24.2 Å². The van der Waals surface area contributed by atoms with Gasteiger partial charge >= 0.3 is 0 Å². The van der Waals surface area contributed by atoms with Crippen molar-refractivity contribution in [3.8, 4) is 0 Å². The van der Waals surface area contributed by atoms with Gasteiger partial charge in [-0.2, -0.15) is 4.31 Å². The second-order valence-electron chi connectivity index (χ2n) is 6.10. The molecule has 0 aromatic heterocycles. The lowest BCUT2D eigenvalue weighted by atomic mass is 10.1. The van der Waals surface area contributed by atoms with E-state index in [2.05, 4.69) is 5.32 Å². The predicted octanol–water partition coefficient (Wildman–Crippen LogP) is 3.57. The van der Waals surface area contributed by atoms with Gasteiger partial charge in [-0.15, -0.1) is 12.4 Å². The SMILES string of the molecule is Cl.O=S(=O)(c1ccc(Cl)cc1Cl)N1CCC(NCC2CC2)CC1. The van der Waals surface area contributed by atoms with Crippen molar-refractivity contribution < 1.29 is 8.42 Å². The van der Waals surface area contributed by atoms with Gasteiger partial charge < -0.3 is 5.32 Å². The molecule has 1 heterocycles. The summed E-state index contributed by atoms with van der Waals surface area (Å²) in [6, 6.07) is 4.94. The number of hydrogen-bond donors (Lipinski definition) is 1. The minimum atomic E-state index is -3.54. The Hall–Kier alpha value is -0.0400. The molecule has 0 radical (unpaired) electrons. The third kappa shape index (κ3) is 4.74. The lowest BCUT2D eigenvalue weighted by molar-refractivity contribution is 0.288. The number of nitrogens with one attached hydrogen (secondary N) is 1. The Kier molecular flexibility index (Phi) is 6.62. The van der Waals surface area contributed by atoms with Gasteiger partial charge in [-0.25, -0.2) is 8.42 Å². The van der Waals surface area contributed by atoms with Crippen molar-refractivity contribution in [1.82, 2.24) is 9.62 Å². The summed E-state index contributed by atoms with van der Waals surface area (Å²) in [5.41, 5.74) is 0. The molecule has 2 fully saturated rings. The van der Waals surface area contributed by atoms with Gasteiger partial charge in [0.25, 0.3) is 0 Å². The average Bonchev–Trinajstić information content (AvgIpc) is 3.29. The smallest absolute Gasteiger partial charge is 0.244 e. The summed E-state index contributed by atoms with van der Waals surface area (Å²) in [5.74, 6) is 0.842. The summed E-state index contributed by atoms with van der Waals surface area (Å²) >= 11 is 11.9. The Morgan fingerprint density at radius 2 is 1.78 bits per heavy atom. The molecule has 0 bridgehead atoms. The van der Waals surface area contributed by atoms with Gasteiger partial charge in [-0.1, -0.05) is 23.2 Å². The molecule has 1 N–H and O–H groups in total. The highest BCUT2D eigenvalue weighted by molar-refractivity contribution is 7.89. The molecule has 0 unspecified atom stereocenters. The maximum absolute atomic E-state index is 12.7. The van der Waals surface area contributed by atoms with Crippen LogP contribution in [0, 0.1) is 5.92 Å². The molecule has 23 heavy (non-hydrogen) atoms. The molecule has 1 saturated heterocycles. The normalized spacial score (nSPS) is 20.3. The third-order valence-electron chi connectivity index (χ3n) is 4.36. The van der Waals surface area contributed by atoms with Crippen molar-refractivity contribution in [2.24, 2.45) is 5.92 Å². The van der Waals surface area contributed by atoms with Crippen LogP contribution in [-0.4, -0.2) is 38.4 Å². The van der Waals surface area contributed by atoms with Crippen LogP contribution in [0.15, 0.2) is 23.1 Å². The Balaban J connectivity index is 0.00000192. The number of benzene rings is 1. The number of piperidine rings is 1. The Morgan fingerprint density at radius 1 is 1.13 bits per heavy atom. The van der Waals surface area contributed by atoms with Crippen LogP contribution in [0.4, 0.5) is 0 Å².